The molecule has 1 saturated carbocycles. The Morgan fingerprint density at radius 3 is 2.32 bits per heavy atom. The van der Waals surface area contributed by atoms with Crippen LogP contribution in [0.4, 0.5) is 0 Å². The lowest BCUT2D eigenvalue weighted by Crippen LogP contribution is -2.58. The van der Waals surface area contributed by atoms with Crippen molar-refractivity contribution in [2.75, 3.05) is 20.2 Å². The van der Waals surface area contributed by atoms with Gasteiger partial charge in [0.25, 0.3) is 0 Å². The SMILES string of the molecule is COc1ccc(-c2ncc(CN3C[C@H]4CCC[C@H](C3)C4(O)c3nccn3C)cn2)cc1. The summed E-state index contributed by atoms with van der Waals surface area (Å²) in [4.78, 5) is 16.1. The predicted octanol–water partition coefficient (Wildman–Crippen LogP) is 3.01. The molecule has 5 rings (SSSR count). The predicted molar refractivity (Wildman–Crippen MR) is 117 cm³/mol. The average molecular weight is 420 g/mol. The van der Waals surface area contributed by atoms with Crippen LogP contribution in [0.2, 0.25) is 0 Å². The molecule has 2 aromatic heterocycles. The van der Waals surface area contributed by atoms with Crippen molar-refractivity contribution in [1.82, 2.24) is 24.4 Å². The lowest BCUT2D eigenvalue weighted by molar-refractivity contribution is -0.155. The number of fused-ring (bicyclic) bond motifs is 2. The molecule has 31 heavy (non-hydrogen) atoms. The van der Waals surface area contributed by atoms with Crippen molar-refractivity contribution in [1.29, 1.82) is 0 Å². The van der Waals surface area contributed by atoms with Gasteiger partial charge in [0, 0.05) is 74.4 Å². The Kier molecular flexibility index (Phi) is 5.24. The smallest absolute Gasteiger partial charge is 0.159 e. The number of aromatic nitrogens is 4. The monoisotopic (exact) mass is 419 g/mol. The van der Waals surface area contributed by atoms with Crippen LogP contribution in [0.1, 0.15) is 30.7 Å². The number of hydrogen-bond acceptors (Lipinski definition) is 6. The Hall–Kier alpha value is -2.77. The van der Waals surface area contributed by atoms with Gasteiger partial charge in [-0.1, -0.05) is 6.42 Å². The number of nitrogens with zero attached hydrogens (tertiary/aromatic N) is 5. The second-order valence-electron chi connectivity index (χ2n) is 8.85. The summed E-state index contributed by atoms with van der Waals surface area (Å²) in [5, 5.41) is 11.7. The topological polar surface area (TPSA) is 76.3 Å². The molecule has 0 unspecified atom stereocenters. The summed E-state index contributed by atoms with van der Waals surface area (Å²) in [5.74, 6) is 2.74. The molecule has 2 bridgehead atoms. The summed E-state index contributed by atoms with van der Waals surface area (Å²) in [6.45, 7) is 2.52. The van der Waals surface area contributed by atoms with E-state index < -0.39 is 5.60 Å². The fourth-order valence-electron chi connectivity index (χ4n) is 5.37. The Labute approximate surface area is 182 Å². The van der Waals surface area contributed by atoms with E-state index in [1.54, 1.807) is 13.3 Å². The molecular formula is C24H29N5O2. The Balaban J connectivity index is 1.30. The highest BCUT2D eigenvalue weighted by Gasteiger charge is 2.53. The summed E-state index contributed by atoms with van der Waals surface area (Å²) >= 11 is 0. The molecule has 2 atom stereocenters. The molecule has 7 nitrogen and oxygen atoms in total. The van der Waals surface area contributed by atoms with E-state index in [0.29, 0.717) is 5.82 Å². The molecule has 2 aliphatic rings. The van der Waals surface area contributed by atoms with Crippen LogP contribution >= 0.6 is 0 Å². The number of aliphatic hydroxyl groups is 1. The Morgan fingerprint density at radius 1 is 1.06 bits per heavy atom. The normalized spacial score (nSPS) is 26.0. The number of likely N-dealkylation sites (tertiary alicyclic amines) is 1. The van der Waals surface area contributed by atoms with Gasteiger partial charge in [-0.05, 0) is 37.1 Å². The molecule has 1 saturated heterocycles. The number of ether oxygens (including phenoxy) is 1. The standard InChI is InChI=1S/C24H29N5O2/c1-28-11-10-25-23(28)24(30)19-4-3-5-20(24)16-29(15-19)14-17-12-26-22(27-13-17)18-6-8-21(31-2)9-7-18/h6-13,19-20,30H,3-5,14-16H2,1-2H3/t19-,20-/m1/s1. The number of imidazole rings is 1. The van der Waals surface area contributed by atoms with Gasteiger partial charge < -0.3 is 14.4 Å². The maximum atomic E-state index is 11.7. The van der Waals surface area contributed by atoms with Crippen molar-refractivity contribution in [2.24, 2.45) is 18.9 Å². The fourth-order valence-corrected chi connectivity index (χ4v) is 5.37. The third-order valence-electron chi connectivity index (χ3n) is 6.95. The molecule has 0 amide bonds. The van der Waals surface area contributed by atoms with E-state index in [0.717, 1.165) is 55.2 Å². The maximum absolute atomic E-state index is 11.7. The van der Waals surface area contributed by atoms with Crippen molar-refractivity contribution >= 4 is 0 Å². The minimum Gasteiger partial charge on any atom is -0.497 e. The van der Waals surface area contributed by atoms with Crippen molar-refractivity contribution in [3.05, 3.63) is 60.4 Å². The number of hydrogen-bond donors (Lipinski definition) is 1. The van der Waals surface area contributed by atoms with Crippen molar-refractivity contribution in [2.45, 2.75) is 31.4 Å². The highest BCUT2D eigenvalue weighted by molar-refractivity contribution is 5.55. The second kappa shape index (κ2) is 8.05. The van der Waals surface area contributed by atoms with Crippen molar-refractivity contribution < 1.29 is 9.84 Å². The van der Waals surface area contributed by atoms with Gasteiger partial charge in [0.15, 0.2) is 5.82 Å². The first-order chi connectivity index (χ1) is 15.1. The number of rotatable bonds is 5. The first kappa shape index (κ1) is 20.2. The van der Waals surface area contributed by atoms with E-state index in [9.17, 15) is 5.11 Å². The minimum atomic E-state index is -0.832. The molecule has 0 radical (unpaired) electrons. The molecule has 3 aromatic rings. The van der Waals surface area contributed by atoms with Gasteiger partial charge >= 0.3 is 0 Å². The summed E-state index contributed by atoms with van der Waals surface area (Å²) in [7, 11) is 3.64. The molecule has 1 N–H and O–H groups in total. The lowest BCUT2D eigenvalue weighted by atomic mass is 9.65. The largest absolute Gasteiger partial charge is 0.497 e. The molecular weight excluding hydrogens is 390 g/mol. The summed E-state index contributed by atoms with van der Waals surface area (Å²) in [6, 6.07) is 7.78. The van der Waals surface area contributed by atoms with Crippen molar-refractivity contribution in [3.8, 4) is 17.1 Å². The number of methoxy groups -OCH3 is 1. The van der Waals surface area contributed by atoms with E-state index in [2.05, 4.69) is 19.9 Å². The zero-order chi connectivity index (χ0) is 21.4. The highest BCUT2D eigenvalue weighted by Crippen LogP contribution is 2.48. The van der Waals surface area contributed by atoms with Crippen LogP contribution in [0.5, 0.6) is 5.75 Å². The van der Waals surface area contributed by atoms with Crippen LogP contribution in [0.25, 0.3) is 11.4 Å². The first-order valence-electron chi connectivity index (χ1n) is 11.0. The summed E-state index contributed by atoms with van der Waals surface area (Å²) in [5.41, 5.74) is 1.24. The number of benzene rings is 1. The fraction of sp³-hybridized carbons (Fsp3) is 0.458. The van der Waals surface area contributed by atoms with Crippen LogP contribution in [0, 0.1) is 11.8 Å². The molecule has 7 heteroatoms. The quantitative estimate of drug-likeness (QED) is 0.685. The van der Waals surface area contributed by atoms with Crippen LogP contribution in [0.15, 0.2) is 49.1 Å². The van der Waals surface area contributed by atoms with Crippen LogP contribution < -0.4 is 4.74 Å². The van der Waals surface area contributed by atoms with E-state index in [1.165, 1.54) is 6.42 Å². The first-order valence-corrected chi connectivity index (χ1v) is 11.0. The van der Waals surface area contributed by atoms with Gasteiger partial charge in [-0.15, -0.1) is 0 Å². The molecule has 3 heterocycles. The third-order valence-corrected chi connectivity index (χ3v) is 6.95. The van der Waals surface area contributed by atoms with Gasteiger partial charge in [-0.2, -0.15) is 0 Å². The summed E-state index contributed by atoms with van der Waals surface area (Å²) in [6.07, 6.45) is 10.8. The van der Waals surface area contributed by atoms with Crippen LogP contribution in [-0.2, 0) is 19.2 Å². The van der Waals surface area contributed by atoms with Gasteiger partial charge in [-0.3, -0.25) is 4.90 Å². The van der Waals surface area contributed by atoms with Crippen LogP contribution in [0.3, 0.4) is 0 Å². The third kappa shape index (κ3) is 3.62. The number of piperidine rings is 1. The van der Waals surface area contributed by atoms with E-state index in [4.69, 9.17) is 4.74 Å². The van der Waals surface area contributed by atoms with E-state index in [1.807, 2.05) is 54.5 Å². The zero-order valence-electron chi connectivity index (χ0n) is 18.1. The molecule has 0 spiro atoms. The summed E-state index contributed by atoms with van der Waals surface area (Å²) < 4.78 is 7.19. The molecule has 1 aliphatic carbocycles. The van der Waals surface area contributed by atoms with Crippen LogP contribution in [-0.4, -0.2) is 49.7 Å². The van der Waals surface area contributed by atoms with Gasteiger partial charge in [0.1, 0.15) is 17.2 Å². The average Bonchev–Trinajstić information content (AvgIpc) is 3.22. The molecule has 2 fully saturated rings. The molecule has 162 valence electrons. The Bertz CT molecular complexity index is 1020. The number of aryl methyl sites for hydroxylation is 1. The zero-order valence-corrected chi connectivity index (χ0v) is 18.1. The van der Waals surface area contributed by atoms with Gasteiger partial charge in [-0.25, -0.2) is 15.0 Å². The second-order valence-corrected chi connectivity index (χ2v) is 8.85. The van der Waals surface area contributed by atoms with E-state index >= 15 is 0 Å². The van der Waals surface area contributed by atoms with E-state index in [-0.39, 0.29) is 11.8 Å². The maximum Gasteiger partial charge on any atom is 0.159 e. The Morgan fingerprint density at radius 2 is 1.74 bits per heavy atom. The van der Waals surface area contributed by atoms with Gasteiger partial charge in [0.2, 0.25) is 0 Å². The van der Waals surface area contributed by atoms with Gasteiger partial charge in [0.05, 0.1) is 7.11 Å². The molecule has 1 aromatic carbocycles. The highest BCUT2D eigenvalue weighted by atomic mass is 16.5. The lowest BCUT2D eigenvalue weighted by Gasteiger charge is -2.52. The minimum absolute atomic E-state index is 0.195. The molecule has 1 aliphatic heterocycles. The van der Waals surface area contributed by atoms with Crippen molar-refractivity contribution in [3.63, 3.8) is 0 Å².